The maximum atomic E-state index is 8.25. The van der Waals surface area contributed by atoms with Crippen LogP contribution in [0.5, 0.6) is 0 Å². The Kier molecular flexibility index (Phi) is 27.3. The maximum absolute atomic E-state index is 8.25. The first-order valence-electron chi connectivity index (χ1n) is 0.548. The van der Waals surface area contributed by atoms with Gasteiger partial charge in [-0.25, -0.2) is 0 Å². The molecule has 0 bridgehead atoms. The minimum atomic E-state index is -1.75. The quantitative estimate of drug-likeness (QED) is 0.245. The Hall–Kier alpha value is 2.41. The van der Waals surface area contributed by atoms with Crippen molar-refractivity contribution in [2.24, 2.45) is 0 Å². The average molecular weight is 240 g/mol. The summed E-state index contributed by atoms with van der Waals surface area (Å²) in [6.07, 6.45) is 0. The fourth-order valence-corrected chi connectivity index (χ4v) is 0. The molecule has 0 fully saturated rings. The molecule has 0 atom stereocenters. The van der Waals surface area contributed by atoms with Gasteiger partial charge in [0.15, 0.2) is 0 Å². The van der Waals surface area contributed by atoms with Gasteiger partial charge in [0, 0.05) is 0 Å². The van der Waals surface area contributed by atoms with Crippen molar-refractivity contribution < 1.29 is 56.5 Å². The van der Waals surface area contributed by atoms with Crippen molar-refractivity contribution in [3.63, 3.8) is 0 Å². The molecular formula is H2BaKNO3. The molecule has 6 heteroatoms. The van der Waals surface area contributed by atoms with Gasteiger partial charge in [-0.1, -0.05) is 0 Å². The molecule has 0 heterocycles. The Bertz CT molecular complexity index is 33.8. The molecule has 0 rings (SSSR count). The SMILES string of the molecule is O=[N+]([O-])[O-].[BaH2].[K+]. The van der Waals surface area contributed by atoms with Crippen LogP contribution in [0.3, 0.4) is 0 Å². The van der Waals surface area contributed by atoms with E-state index in [-0.39, 0.29) is 100 Å². The normalized spacial score (nSPS) is 4.00. The van der Waals surface area contributed by atoms with Gasteiger partial charge in [0.25, 0.3) is 0 Å². The van der Waals surface area contributed by atoms with Crippen molar-refractivity contribution in [1.29, 1.82) is 0 Å². The Morgan fingerprint density at radius 3 is 1.33 bits per heavy atom. The fraction of sp³-hybridized carbons (Fsp3) is 0. The van der Waals surface area contributed by atoms with Crippen LogP contribution in [-0.4, -0.2) is 54.0 Å². The number of hydrogen-bond acceptors (Lipinski definition) is 3. The van der Waals surface area contributed by atoms with Crippen LogP contribution in [0.25, 0.3) is 0 Å². The molecule has 0 spiro atoms. The molecule has 0 unspecified atom stereocenters. The summed E-state index contributed by atoms with van der Waals surface area (Å²) >= 11 is 0. The molecule has 0 aromatic rings. The molecule has 0 aliphatic heterocycles. The summed E-state index contributed by atoms with van der Waals surface area (Å²) in [6.45, 7) is 0. The summed E-state index contributed by atoms with van der Waals surface area (Å²) in [4.78, 5) is 8.25. The smallest absolute Gasteiger partial charge is 1.00 e. The third-order valence-electron chi connectivity index (χ3n) is 0. The van der Waals surface area contributed by atoms with Crippen molar-refractivity contribution >= 4 is 48.9 Å². The summed E-state index contributed by atoms with van der Waals surface area (Å²) in [5, 5.41) is 14.8. The fourth-order valence-electron chi connectivity index (χ4n) is 0. The van der Waals surface area contributed by atoms with Crippen molar-refractivity contribution in [3.05, 3.63) is 15.3 Å². The summed E-state index contributed by atoms with van der Waals surface area (Å²) in [6, 6.07) is 0. The predicted molar refractivity (Wildman–Crippen MR) is 18.9 cm³/mol. The van der Waals surface area contributed by atoms with Crippen LogP contribution >= 0.6 is 0 Å². The number of nitrogens with zero attached hydrogens (tertiary/aromatic N) is 1. The van der Waals surface area contributed by atoms with Gasteiger partial charge in [-0.2, -0.15) is 0 Å². The van der Waals surface area contributed by atoms with Gasteiger partial charge in [0.2, 0.25) is 0 Å². The molecule has 0 aliphatic carbocycles. The summed E-state index contributed by atoms with van der Waals surface area (Å²) in [7, 11) is 0. The van der Waals surface area contributed by atoms with Gasteiger partial charge in [0.05, 0.1) is 5.09 Å². The van der Waals surface area contributed by atoms with Crippen molar-refractivity contribution in [3.8, 4) is 0 Å². The second-order valence-electron chi connectivity index (χ2n) is 0.224. The van der Waals surface area contributed by atoms with Crippen LogP contribution in [0, 0.1) is 15.3 Å². The Morgan fingerprint density at radius 2 is 1.33 bits per heavy atom. The first kappa shape index (κ1) is 15.8. The van der Waals surface area contributed by atoms with Crippen molar-refractivity contribution in [2.75, 3.05) is 0 Å². The van der Waals surface area contributed by atoms with Crippen LogP contribution in [0.1, 0.15) is 0 Å². The second-order valence-corrected chi connectivity index (χ2v) is 0.224. The van der Waals surface area contributed by atoms with Gasteiger partial charge in [-0.05, 0) is 0 Å². The summed E-state index contributed by atoms with van der Waals surface area (Å²) in [5.41, 5.74) is 0. The molecule has 0 radical (unpaired) electrons. The van der Waals surface area contributed by atoms with Gasteiger partial charge in [-0.3, -0.25) is 0 Å². The largest absolute Gasteiger partial charge is 1.00 e. The van der Waals surface area contributed by atoms with Crippen LogP contribution in [0.15, 0.2) is 0 Å². The number of hydrogen-bond donors (Lipinski definition) is 0. The second kappa shape index (κ2) is 10.4. The van der Waals surface area contributed by atoms with Crippen LogP contribution in [-0.2, 0) is 0 Å². The minimum Gasteiger partial charge on any atom is 1.00 e. The first-order valence-corrected chi connectivity index (χ1v) is 0.548. The van der Waals surface area contributed by atoms with Gasteiger partial charge < -0.3 is 15.3 Å². The maximum Gasteiger partial charge on any atom is 1.00 e. The van der Waals surface area contributed by atoms with E-state index in [9.17, 15) is 0 Å². The standard InChI is InChI=1S/Ba.K.NO3.2H/c;;2-1(3)4;;/q;+1;-1;;. The molecule has 0 N–H and O–H groups in total. The molecule has 0 aromatic heterocycles. The van der Waals surface area contributed by atoms with Crippen molar-refractivity contribution in [1.82, 2.24) is 0 Å². The zero-order valence-corrected chi connectivity index (χ0v) is 5.80. The van der Waals surface area contributed by atoms with E-state index in [4.69, 9.17) is 15.3 Å². The van der Waals surface area contributed by atoms with E-state index in [1.165, 1.54) is 0 Å². The zero-order chi connectivity index (χ0) is 3.58. The summed E-state index contributed by atoms with van der Waals surface area (Å²) < 4.78 is 0. The Labute approximate surface area is 117 Å². The van der Waals surface area contributed by atoms with E-state index in [2.05, 4.69) is 0 Å². The monoisotopic (exact) mass is 241 g/mol. The molecule has 4 nitrogen and oxygen atoms in total. The molecule has 0 aromatic carbocycles. The molecule has 0 saturated carbocycles. The third kappa shape index (κ3) is 32.3. The van der Waals surface area contributed by atoms with Crippen molar-refractivity contribution in [2.45, 2.75) is 0 Å². The Balaban J connectivity index is -0.0000000450. The summed E-state index contributed by atoms with van der Waals surface area (Å²) in [5.74, 6) is 0. The Morgan fingerprint density at radius 1 is 1.33 bits per heavy atom. The van der Waals surface area contributed by atoms with Gasteiger partial charge in [-0.15, -0.1) is 0 Å². The molecule has 0 amide bonds. The minimum absolute atomic E-state index is 0. The van der Waals surface area contributed by atoms with Crippen LogP contribution < -0.4 is 51.4 Å². The van der Waals surface area contributed by atoms with E-state index in [0.29, 0.717) is 0 Å². The first-order chi connectivity index (χ1) is 1.73. The molecular weight excluding hydrogens is 238 g/mol. The van der Waals surface area contributed by atoms with E-state index in [1.54, 1.807) is 0 Å². The van der Waals surface area contributed by atoms with E-state index in [1.807, 2.05) is 0 Å². The zero-order valence-electron chi connectivity index (χ0n) is 2.67. The van der Waals surface area contributed by atoms with E-state index in [0.717, 1.165) is 0 Å². The van der Waals surface area contributed by atoms with Gasteiger partial charge >= 0.3 is 100 Å². The molecule has 6 heavy (non-hydrogen) atoms. The van der Waals surface area contributed by atoms with Crippen LogP contribution in [0.2, 0.25) is 0 Å². The topological polar surface area (TPSA) is 66.2 Å². The third-order valence-corrected chi connectivity index (χ3v) is 0. The molecule has 0 saturated heterocycles. The molecule has 0 aliphatic rings. The van der Waals surface area contributed by atoms with Gasteiger partial charge in [0.1, 0.15) is 0 Å². The van der Waals surface area contributed by atoms with E-state index < -0.39 is 5.09 Å². The number of rotatable bonds is 0. The average Bonchev–Trinajstić information content (AvgIpc) is 0.811. The predicted octanol–water partition coefficient (Wildman–Crippen LogP) is -4.15. The van der Waals surface area contributed by atoms with Crippen LogP contribution in [0.4, 0.5) is 0 Å². The molecule has 28 valence electrons. The van der Waals surface area contributed by atoms with E-state index >= 15 is 0 Å².